The fourth-order valence-electron chi connectivity index (χ4n) is 3.86. The third-order valence-electron chi connectivity index (χ3n) is 5.53. The van der Waals surface area contributed by atoms with Crippen molar-refractivity contribution in [2.24, 2.45) is 0 Å². The van der Waals surface area contributed by atoms with Gasteiger partial charge < -0.3 is 19.5 Å². The summed E-state index contributed by atoms with van der Waals surface area (Å²) in [4.78, 5) is 28.1. The zero-order valence-corrected chi connectivity index (χ0v) is 18.2. The number of methoxy groups -OCH3 is 1. The normalized spacial score (nSPS) is 14.8. The molecular formula is C26H19N3O5. The molecule has 2 heterocycles. The number of amides is 2. The SMILES string of the molecule is COc1ccc(C2=C(Nc3ccc4c(c3)OCCO4)C(=O)N(c3ccc(C#N)cc3)C2=O)cc1. The van der Waals surface area contributed by atoms with Gasteiger partial charge in [-0.1, -0.05) is 12.1 Å². The van der Waals surface area contributed by atoms with E-state index in [1.807, 2.05) is 6.07 Å². The highest BCUT2D eigenvalue weighted by molar-refractivity contribution is 6.46. The van der Waals surface area contributed by atoms with Crippen molar-refractivity contribution < 1.29 is 23.8 Å². The molecule has 8 heteroatoms. The second-order valence-corrected chi connectivity index (χ2v) is 7.57. The minimum absolute atomic E-state index is 0.135. The molecular weight excluding hydrogens is 434 g/mol. The monoisotopic (exact) mass is 453 g/mol. The highest BCUT2D eigenvalue weighted by atomic mass is 16.6. The molecule has 0 spiro atoms. The van der Waals surface area contributed by atoms with Gasteiger partial charge in [-0.3, -0.25) is 9.59 Å². The molecule has 8 nitrogen and oxygen atoms in total. The van der Waals surface area contributed by atoms with Crippen molar-refractivity contribution in [3.05, 3.63) is 83.6 Å². The van der Waals surface area contributed by atoms with Gasteiger partial charge in [0.2, 0.25) is 0 Å². The molecule has 0 atom stereocenters. The predicted octanol–water partition coefficient (Wildman–Crippen LogP) is 3.73. The smallest absolute Gasteiger partial charge is 0.282 e. The Labute approximate surface area is 195 Å². The molecule has 0 bridgehead atoms. The Morgan fingerprint density at radius 3 is 2.29 bits per heavy atom. The molecule has 3 aromatic rings. The average molecular weight is 453 g/mol. The van der Waals surface area contributed by atoms with Crippen molar-refractivity contribution in [1.82, 2.24) is 0 Å². The topological polar surface area (TPSA) is 101 Å². The number of benzene rings is 3. The number of carbonyl (C=O) groups excluding carboxylic acids is 2. The summed E-state index contributed by atoms with van der Waals surface area (Å²) in [5.41, 5.74) is 2.31. The average Bonchev–Trinajstić information content (AvgIpc) is 3.13. The summed E-state index contributed by atoms with van der Waals surface area (Å²) in [5.74, 6) is 0.833. The summed E-state index contributed by atoms with van der Waals surface area (Å²) >= 11 is 0. The van der Waals surface area contributed by atoms with Crippen LogP contribution in [0.2, 0.25) is 0 Å². The van der Waals surface area contributed by atoms with E-state index in [0.717, 1.165) is 4.90 Å². The van der Waals surface area contributed by atoms with Gasteiger partial charge in [0.1, 0.15) is 24.7 Å². The molecule has 2 amide bonds. The van der Waals surface area contributed by atoms with Crippen molar-refractivity contribution in [3.63, 3.8) is 0 Å². The van der Waals surface area contributed by atoms with Crippen LogP contribution < -0.4 is 24.4 Å². The molecule has 5 rings (SSSR count). The molecule has 0 aromatic heterocycles. The molecule has 0 fully saturated rings. The number of anilines is 2. The van der Waals surface area contributed by atoms with Gasteiger partial charge >= 0.3 is 0 Å². The molecule has 0 unspecified atom stereocenters. The van der Waals surface area contributed by atoms with Crippen LogP contribution in [0.1, 0.15) is 11.1 Å². The van der Waals surface area contributed by atoms with Gasteiger partial charge in [-0.2, -0.15) is 5.26 Å². The zero-order chi connectivity index (χ0) is 23.7. The Morgan fingerprint density at radius 2 is 1.62 bits per heavy atom. The van der Waals surface area contributed by atoms with Crippen LogP contribution >= 0.6 is 0 Å². The summed E-state index contributed by atoms with van der Waals surface area (Å²) in [7, 11) is 1.56. The van der Waals surface area contributed by atoms with Crippen molar-refractivity contribution >= 4 is 28.8 Å². The van der Waals surface area contributed by atoms with Gasteiger partial charge in [0.05, 0.1) is 30.0 Å². The second-order valence-electron chi connectivity index (χ2n) is 7.57. The van der Waals surface area contributed by atoms with Crippen LogP contribution in [0.3, 0.4) is 0 Å². The van der Waals surface area contributed by atoms with E-state index in [0.29, 0.717) is 53.0 Å². The Hall–Kier alpha value is -4.77. The predicted molar refractivity (Wildman–Crippen MR) is 125 cm³/mol. The first kappa shape index (κ1) is 21.1. The lowest BCUT2D eigenvalue weighted by Gasteiger charge is -2.19. The van der Waals surface area contributed by atoms with E-state index >= 15 is 0 Å². The lowest BCUT2D eigenvalue weighted by atomic mass is 10.0. The molecule has 3 aromatic carbocycles. The van der Waals surface area contributed by atoms with E-state index in [1.165, 1.54) is 0 Å². The third-order valence-corrected chi connectivity index (χ3v) is 5.53. The third kappa shape index (κ3) is 3.69. The standard InChI is InChI=1S/C26H19N3O5/c1-32-20-9-4-17(5-10-20)23-24(28-18-6-11-21-22(14-18)34-13-12-33-21)26(31)29(25(23)30)19-7-2-16(15-27)3-8-19/h2-11,14,28H,12-13H2,1H3. The number of hydrogen-bond donors (Lipinski definition) is 1. The molecule has 0 saturated heterocycles. The molecule has 168 valence electrons. The number of ether oxygens (including phenoxy) is 3. The fraction of sp³-hybridized carbons (Fsp3) is 0.115. The Balaban J connectivity index is 1.57. The van der Waals surface area contributed by atoms with Crippen LogP contribution in [0.15, 0.2) is 72.4 Å². The van der Waals surface area contributed by atoms with Crippen LogP contribution in [-0.4, -0.2) is 32.1 Å². The maximum Gasteiger partial charge on any atom is 0.282 e. The van der Waals surface area contributed by atoms with E-state index in [1.54, 1.807) is 73.8 Å². The lowest BCUT2D eigenvalue weighted by Crippen LogP contribution is -2.32. The number of nitriles is 1. The van der Waals surface area contributed by atoms with Gasteiger partial charge in [-0.05, 0) is 54.1 Å². The van der Waals surface area contributed by atoms with Crippen LogP contribution in [0.5, 0.6) is 17.2 Å². The highest BCUT2D eigenvalue weighted by Crippen LogP contribution is 2.37. The zero-order valence-electron chi connectivity index (χ0n) is 18.2. The first-order valence-corrected chi connectivity index (χ1v) is 10.5. The summed E-state index contributed by atoms with van der Waals surface area (Å²) in [5, 5.41) is 12.2. The van der Waals surface area contributed by atoms with Gasteiger partial charge in [-0.25, -0.2) is 4.90 Å². The number of fused-ring (bicyclic) bond motifs is 1. The number of imide groups is 1. The second kappa shape index (κ2) is 8.64. The quantitative estimate of drug-likeness (QED) is 0.588. The molecule has 0 saturated carbocycles. The first-order valence-electron chi connectivity index (χ1n) is 10.5. The maximum atomic E-state index is 13.5. The molecule has 34 heavy (non-hydrogen) atoms. The van der Waals surface area contributed by atoms with E-state index in [9.17, 15) is 9.59 Å². The lowest BCUT2D eigenvalue weighted by molar-refractivity contribution is -0.120. The molecule has 0 aliphatic carbocycles. The number of nitrogens with one attached hydrogen (secondary N) is 1. The Bertz CT molecular complexity index is 1350. The number of rotatable bonds is 5. The Morgan fingerprint density at radius 1 is 0.912 bits per heavy atom. The van der Waals surface area contributed by atoms with Crippen LogP contribution in [-0.2, 0) is 9.59 Å². The highest BCUT2D eigenvalue weighted by Gasteiger charge is 2.40. The summed E-state index contributed by atoms with van der Waals surface area (Å²) in [6.45, 7) is 0.902. The summed E-state index contributed by atoms with van der Waals surface area (Å²) < 4.78 is 16.4. The minimum atomic E-state index is -0.504. The van der Waals surface area contributed by atoms with Gasteiger partial charge in [-0.15, -0.1) is 0 Å². The van der Waals surface area contributed by atoms with Crippen molar-refractivity contribution in [2.45, 2.75) is 0 Å². The van der Waals surface area contributed by atoms with Crippen molar-refractivity contribution in [2.75, 3.05) is 30.5 Å². The number of carbonyl (C=O) groups is 2. The van der Waals surface area contributed by atoms with Crippen molar-refractivity contribution in [3.8, 4) is 23.3 Å². The maximum absolute atomic E-state index is 13.5. The van der Waals surface area contributed by atoms with Crippen molar-refractivity contribution in [1.29, 1.82) is 5.26 Å². The van der Waals surface area contributed by atoms with Gasteiger partial charge in [0, 0.05) is 11.8 Å². The van der Waals surface area contributed by atoms with Crippen LogP contribution in [0.25, 0.3) is 5.57 Å². The molecule has 1 N–H and O–H groups in total. The first-order chi connectivity index (χ1) is 16.6. The van der Waals surface area contributed by atoms with Gasteiger partial charge in [0.15, 0.2) is 11.5 Å². The van der Waals surface area contributed by atoms with Crippen LogP contribution in [0, 0.1) is 11.3 Å². The molecule has 2 aliphatic rings. The number of nitrogens with zero attached hydrogens (tertiary/aromatic N) is 2. The van der Waals surface area contributed by atoms with E-state index in [2.05, 4.69) is 5.32 Å². The largest absolute Gasteiger partial charge is 0.497 e. The number of hydrogen-bond acceptors (Lipinski definition) is 7. The Kier molecular flexibility index (Phi) is 5.36. The summed E-state index contributed by atoms with van der Waals surface area (Å²) in [6.07, 6.45) is 0. The minimum Gasteiger partial charge on any atom is -0.497 e. The van der Waals surface area contributed by atoms with E-state index in [4.69, 9.17) is 19.5 Å². The van der Waals surface area contributed by atoms with E-state index < -0.39 is 11.8 Å². The molecule has 0 radical (unpaired) electrons. The van der Waals surface area contributed by atoms with Gasteiger partial charge in [0.25, 0.3) is 11.8 Å². The van der Waals surface area contributed by atoms with Crippen LogP contribution in [0.4, 0.5) is 11.4 Å². The fourth-order valence-corrected chi connectivity index (χ4v) is 3.86. The summed E-state index contributed by atoms with van der Waals surface area (Å²) in [6, 6.07) is 20.5. The molecule has 2 aliphatic heterocycles. The van der Waals surface area contributed by atoms with E-state index in [-0.39, 0.29) is 11.3 Å².